The summed E-state index contributed by atoms with van der Waals surface area (Å²) in [4.78, 5) is 6.89. The van der Waals surface area contributed by atoms with Crippen molar-refractivity contribution in [1.82, 2.24) is 14.9 Å². The van der Waals surface area contributed by atoms with Crippen molar-refractivity contribution < 1.29 is 0 Å². The molecule has 0 spiro atoms. The SMILES string of the molecule is Cc1ccc(N2C(=S)N[C@H](c3ccccn3)[C@H]2c2cccn2-c2ccc(C)c(C)c2)cc1. The van der Waals surface area contributed by atoms with E-state index in [0.29, 0.717) is 5.11 Å². The van der Waals surface area contributed by atoms with E-state index in [0.717, 1.165) is 22.8 Å². The molecule has 2 aromatic heterocycles. The number of benzene rings is 2. The fraction of sp³-hybridized carbons (Fsp3) is 0.185. The normalized spacial score (nSPS) is 18.1. The van der Waals surface area contributed by atoms with Crippen LogP contribution in [-0.2, 0) is 0 Å². The zero-order valence-electron chi connectivity index (χ0n) is 18.5. The van der Waals surface area contributed by atoms with E-state index in [4.69, 9.17) is 12.2 Å². The first-order valence-corrected chi connectivity index (χ1v) is 11.3. The lowest BCUT2D eigenvalue weighted by Crippen LogP contribution is -2.30. The van der Waals surface area contributed by atoms with Gasteiger partial charge in [-0.2, -0.15) is 0 Å². The molecule has 0 unspecified atom stereocenters. The Morgan fingerprint density at radius 2 is 1.62 bits per heavy atom. The van der Waals surface area contributed by atoms with Crippen LogP contribution >= 0.6 is 12.2 Å². The summed E-state index contributed by atoms with van der Waals surface area (Å²) in [5.74, 6) is 0. The van der Waals surface area contributed by atoms with Gasteiger partial charge in [0.2, 0.25) is 0 Å². The number of aromatic nitrogens is 2. The predicted octanol–water partition coefficient (Wildman–Crippen LogP) is 5.97. The Morgan fingerprint density at radius 3 is 2.34 bits per heavy atom. The van der Waals surface area contributed by atoms with Crippen molar-refractivity contribution in [1.29, 1.82) is 0 Å². The van der Waals surface area contributed by atoms with Crippen molar-refractivity contribution >= 4 is 23.0 Å². The van der Waals surface area contributed by atoms with Gasteiger partial charge in [0.15, 0.2) is 5.11 Å². The predicted molar refractivity (Wildman–Crippen MR) is 134 cm³/mol. The zero-order valence-corrected chi connectivity index (χ0v) is 19.3. The van der Waals surface area contributed by atoms with E-state index in [-0.39, 0.29) is 12.1 Å². The van der Waals surface area contributed by atoms with Gasteiger partial charge in [-0.05, 0) is 92.6 Å². The number of hydrogen-bond donors (Lipinski definition) is 1. The number of aryl methyl sites for hydroxylation is 3. The molecule has 160 valence electrons. The molecule has 4 nitrogen and oxygen atoms in total. The summed E-state index contributed by atoms with van der Waals surface area (Å²) in [7, 11) is 0. The van der Waals surface area contributed by atoms with Gasteiger partial charge >= 0.3 is 0 Å². The van der Waals surface area contributed by atoms with Crippen LogP contribution < -0.4 is 10.2 Å². The highest BCUT2D eigenvalue weighted by Crippen LogP contribution is 2.42. The third kappa shape index (κ3) is 3.59. The summed E-state index contributed by atoms with van der Waals surface area (Å²) in [5.41, 5.74) is 8.15. The van der Waals surface area contributed by atoms with Crippen LogP contribution in [0.15, 0.2) is 85.2 Å². The number of anilines is 1. The highest BCUT2D eigenvalue weighted by Gasteiger charge is 2.42. The number of pyridine rings is 1. The fourth-order valence-corrected chi connectivity index (χ4v) is 4.73. The Kier molecular flexibility index (Phi) is 5.27. The van der Waals surface area contributed by atoms with Crippen LogP contribution in [-0.4, -0.2) is 14.7 Å². The van der Waals surface area contributed by atoms with Gasteiger partial charge in [0, 0.05) is 29.5 Å². The van der Waals surface area contributed by atoms with Gasteiger partial charge in [-0.1, -0.05) is 29.8 Å². The molecule has 32 heavy (non-hydrogen) atoms. The molecule has 1 saturated heterocycles. The average molecular weight is 439 g/mol. The van der Waals surface area contributed by atoms with Gasteiger partial charge in [0.1, 0.15) is 6.04 Å². The quantitative estimate of drug-likeness (QED) is 0.398. The Hall–Kier alpha value is -3.44. The average Bonchev–Trinajstić information content (AvgIpc) is 3.41. The molecule has 0 amide bonds. The maximum Gasteiger partial charge on any atom is 0.174 e. The van der Waals surface area contributed by atoms with E-state index in [2.05, 4.69) is 107 Å². The van der Waals surface area contributed by atoms with Gasteiger partial charge in [0.05, 0.1) is 11.7 Å². The number of nitrogens with zero attached hydrogens (tertiary/aromatic N) is 3. The molecule has 1 aliphatic rings. The van der Waals surface area contributed by atoms with E-state index >= 15 is 0 Å². The Labute approximate surface area is 194 Å². The van der Waals surface area contributed by atoms with Crippen LogP contribution in [0, 0.1) is 20.8 Å². The van der Waals surface area contributed by atoms with E-state index < -0.39 is 0 Å². The molecule has 5 rings (SSSR count). The van der Waals surface area contributed by atoms with Crippen LogP contribution in [0.2, 0.25) is 0 Å². The summed E-state index contributed by atoms with van der Waals surface area (Å²) in [6.07, 6.45) is 3.97. The third-order valence-electron chi connectivity index (χ3n) is 6.26. The molecule has 0 bridgehead atoms. The van der Waals surface area contributed by atoms with Gasteiger partial charge in [0.25, 0.3) is 0 Å². The monoisotopic (exact) mass is 438 g/mol. The molecule has 2 atom stereocenters. The minimum atomic E-state index is -0.0646. The zero-order chi connectivity index (χ0) is 22.2. The molecule has 3 heterocycles. The first-order valence-electron chi connectivity index (χ1n) is 10.8. The van der Waals surface area contributed by atoms with Crippen molar-refractivity contribution in [2.75, 3.05) is 4.90 Å². The lowest BCUT2D eigenvalue weighted by Gasteiger charge is -2.29. The molecule has 1 N–H and O–H groups in total. The second-order valence-corrected chi connectivity index (χ2v) is 8.79. The first-order chi connectivity index (χ1) is 15.5. The molecule has 2 aromatic carbocycles. The summed E-state index contributed by atoms with van der Waals surface area (Å²) in [5, 5.41) is 4.26. The van der Waals surface area contributed by atoms with Gasteiger partial charge in [-0.3, -0.25) is 4.98 Å². The van der Waals surface area contributed by atoms with Crippen LogP contribution in [0.5, 0.6) is 0 Å². The highest BCUT2D eigenvalue weighted by atomic mass is 32.1. The summed E-state index contributed by atoms with van der Waals surface area (Å²) >= 11 is 5.86. The van der Waals surface area contributed by atoms with Gasteiger partial charge in [-0.25, -0.2) is 0 Å². The number of thiocarbonyl (C=S) groups is 1. The molecule has 0 aliphatic carbocycles. The van der Waals surface area contributed by atoms with Gasteiger partial charge in [-0.15, -0.1) is 0 Å². The molecule has 0 saturated carbocycles. The van der Waals surface area contributed by atoms with E-state index in [1.807, 2.05) is 18.3 Å². The largest absolute Gasteiger partial charge is 0.351 e. The summed E-state index contributed by atoms with van der Waals surface area (Å²) in [6.45, 7) is 6.40. The fourth-order valence-electron chi connectivity index (χ4n) is 4.38. The smallest absolute Gasteiger partial charge is 0.174 e. The van der Waals surface area contributed by atoms with Crippen molar-refractivity contribution in [3.63, 3.8) is 0 Å². The standard InChI is InChI=1S/C27H26N4S/c1-18-9-12-21(13-10-18)31-26(25(29-27(31)32)23-7-4-5-15-28-23)24-8-6-16-30(24)22-14-11-19(2)20(3)17-22/h4-17,25-26H,1-3H3,(H,29,32)/t25-,26-/m1/s1. The lowest BCUT2D eigenvalue weighted by molar-refractivity contribution is 0.549. The maximum atomic E-state index is 5.86. The first kappa shape index (κ1) is 20.5. The second kappa shape index (κ2) is 8.24. The Morgan fingerprint density at radius 1 is 0.844 bits per heavy atom. The van der Waals surface area contributed by atoms with Crippen LogP contribution in [0.1, 0.15) is 40.2 Å². The van der Waals surface area contributed by atoms with Crippen LogP contribution in [0.25, 0.3) is 5.69 Å². The maximum absolute atomic E-state index is 5.86. The summed E-state index contributed by atoms with van der Waals surface area (Å²) < 4.78 is 2.27. The van der Waals surface area contributed by atoms with E-state index in [1.165, 1.54) is 16.7 Å². The van der Waals surface area contributed by atoms with Crippen molar-refractivity contribution in [3.8, 4) is 5.69 Å². The van der Waals surface area contributed by atoms with Crippen LogP contribution in [0.3, 0.4) is 0 Å². The minimum absolute atomic E-state index is 0.0447. The second-order valence-electron chi connectivity index (χ2n) is 8.40. The number of nitrogens with one attached hydrogen (secondary N) is 1. The van der Waals surface area contributed by atoms with Crippen molar-refractivity contribution in [2.24, 2.45) is 0 Å². The molecular formula is C27H26N4S. The van der Waals surface area contributed by atoms with E-state index in [9.17, 15) is 0 Å². The van der Waals surface area contributed by atoms with E-state index in [1.54, 1.807) is 0 Å². The molecule has 0 radical (unpaired) electrons. The molecule has 5 heteroatoms. The minimum Gasteiger partial charge on any atom is -0.351 e. The Balaban J connectivity index is 1.67. The van der Waals surface area contributed by atoms with Crippen molar-refractivity contribution in [2.45, 2.75) is 32.9 Å². The van der Waals surface area contributed by atoms with Crippen molar-refractivity contribution in [3.05, 3.63) is 113 Å². The van der Waals surface area contributed by atoms with Gasteiger partial charge < -0.3 is 14.8 Å². The lowest BCUT2D eigenvalue weighted by atomic mass is 10.0. The highest BCUT2D eigenvalue weighted by molar-refractivity contribution is 7.80. The number of hydrogen-bond acceptors (Lipinski definition) is 2. The molecule has 1 aliphatic heterocycles. The van der Waals surface area contributed by atoms with Crippen LogP contribution in [0.4, 0.5) is 5.69 Å². The third-order valence-corrected chi connectivity index (χ3v) is 6.58. The topological polar surface area (TPSA) is 33.1 Å². The number of rotatable bonds is 4. The summed E-state index contributed by atoms with van der Waals surface area (Å²) in [6, 6.07) is 25.4. The Bertz CT molecular complexity index is 1260. The molecule has 4 aromatic rings. The molecule has 1 fully saturated rings. The molecular weight excluding hydrogens is 412 g/mol.